The second kappa shape index (κ2) is 6.93. The lowest BCUT2D eigenvalue weighted by Crippen LogP contribution is -2.32. The first-order chi connectivity index (χ1) is 12.9. The molecule has 2 aromatic heterocycles. The molecule has 3 N–H and O–H groups in total. The molecule has 0 saturated carbocycles. The molecule has 10 nitrogen and oxygen atoms in total. The van der Waals surface area contributed by atoms with Crippen LogP contribution in [0, 0.1) is 0 Å². The molecule has 2 aliphatic rings. The van der Waals surface area contributed by atoms with Crippen molar-refractivity contribution in [1.82, 2.24) is 19.5 Å². The number of hydrogen-bond acceptors (Lipinski definition) is 9. The predicted molar refractivity (Wildman–Crippen MR) is 92.5 cm³/mol. The van der Waals surface area contributed by atoms with Crippen LogP contribution in [0.3, 0.4) is 0 Å². The maximum atomic E-state index is 12.9. The lowest BCUT2D eigenvalue weighted by molar-refractivity contribution is -0.0409. The van der Waals surface area contributed by atoms with Crippen LogP contribution in [0.2, 0.25) is 0 Å². The molecule has 0 amide bonds. The Labute approximate surface area is 154 Å². The molecule has 2 saturated heterocycles. The van der Waals surface area contributed by atoms with Gasteiger partial charge in [0.25, 0.3) is 0 Å². The maximum absolute atomic E-state index is 12.9. The van der Waals surface area contributed by atoms with Crippen molar-refractivity contribution in [2.75, 3.05) is 23.5 Å². The normalized spacial score (nSPS) is 31.4. The van der Waals surface area contributed by atoms with Crippen LogP contribution in [0.4, 0.5) is 10.2 Å². The monoisotopic (exact) mass is 401 g/mol. The van der Waals surface area contributed by atoms with Gasteiger partial charge in [-0.05, 0) is 12.8 Å². The Balaban J connectivity index is 1.59. The van der Waals surface area contributed by atoms with Crippen molar-refractivity contribution in [3.05, 3.63) is 12.7 Å². The first-order valence-electron chi connectivity index (χ1n) is 8.61. The predicted octanol–water partition coefficient (Wildman–Crippen LogP) is -0.596. The summed E-state index contributed by atoms with van der Waals surface area (Å²) in [6.07, 6.45) is -1.16. The van der Waals surface area contributed by atoms with Gasteiger partial charge in [-0.2, -0.15) is 0 Å². The van der Waals surface area contributed by atoms with E-state index in [0.29, 0.717) is 29.8 Å². The summed E-state index contributed by atoms with van der Waals surface area (Å²) in [6, 6.07) is -0.0529. The minimum absolute atomic E-state index is 0.0529. The van der Waals surface area contributed by atoms with E-state index < -0.39 is 41.1 Å². The Morgan fingerprint density at radius 3 is 2.63 bits per heavy atom. The van der Waals surface area contributed by atoms with Gasteiger partial charge >= 0.3 is 0 Å². The van der Waals surface area contributed by atoms with Crippen molar-refractivity contribution < 1.29 is 27.8 Å². The Kier molecular flexibility index (Phi) is 4.74. The summed E-state index contributed by atoms with van der Waals surface area (Å²) in [5.74, 6) is 0.689. The van der Waals surface area contributed by atoms with Crippen LogP contribution in [0.5, 0.6) is 0 Å². The number of nitrogens with zero attached hydrogens (tertiary/aromatic N) is 4. The van der Waals surface area contributed by atoms with Crippen LogP contribution in [0.15, 0.2) is 12.7 Å². The van der Waals surface area contributed by atoms with E-state index in [1.807, 2.05) is 0 Å². The molecule has 4 heterocycles. The third-order valence-electron chi connectivity index (χ3n) is 5.02. The average Bonchev–Trinajstić information content (AvgIpc) is 3.19. The zero-order valence-corrected chi connectivity index (χ0v) is 15.1. The van der Waals surface area contributed by atoms with E-state index in [1.54, 1.807) is 0 Å². The Hall–Kier alpha value is -1.89. The number of imidazole rings is 1. The lowest BCUT2D eigenvalue weighted by atomic mass is 10.1. The van der Waals surface area contributed by atoms with Gasteiger partial charge < -0.3 is 20.3 Å². The summed E-state index contributed by atoms with van der Waals surface area (Å²) >= 11 is 0. The molecule has 148 valence electrons. The SMILES string of the molecule is O=S1(=O)CCC(Nc2ncnc3c2ncn3[C@@H]2O[C@H](CF)[C@@H](O)[C@H]2O)CC1. The van der Waals surface area contributed by atoms with Gasteiger partial charge in [-0.3, -0.25) is 4.57 Å². The van der Waals surface area contributed by atoms with Crippen LogP contribution in [0.25, 0.3) is 11.2 Å². The van der Waals surface area contributed by atoms with Gasteiger partial charge in [0.05, 0.1) is 17.8 Å². The fourth-order valence-electron chi connectivity index (χ4n) is 3.46. The van der Waals surface area contributed by atoms with E-state index >= 15 is 0 Å². The first-order valence-corrected chi connectivity index (χ1v) is 10.4. The minimum atomic E-state index is -2.97. The molecule has 0 radical (unpaired) electrons. The summed E-state index contributed by atoms with van der Waals surface area (Å²) in [4.78, 5) is 12.6. The molecule has 0 unspecified atom stereocenters. The number of aromatic nitrogens is 4. The molecule has 0 aliphatic carbocycles. The molecule has 4 rings (SSSR count). The van der Waals surface area contributed by atoms with Gasteiger partial charge in [0.15, 0.2) is 23.2 Å². The highest BCUT2D eigenvalue weighted by Gasteiger charge is 2.44. The second-order valence-electron chi connectivity index (χ2n) is 6.82. The zero-order chi connectivity index (χ0) is 19.2. The zero-order valence-electron chi connectivity index (χ0n) is 14.3. The molecule has 4 atom stereocenters. The van der Waals surface area contributed by atoms with Crippen LogP contribution >= 0.6 is 0 Å². The molecule has 2 fully saturated rings. The summed E-state index contributed by atoms with van der Waals surface area (Å²) in [6.45, 7) is -0.923. The number of nitrogens with one attached hydrogen (secondary N) is 1. The topological polar surface area (TPSA) is 139 Å². The van der Waals surface area contributed by atoms with E-state index in [2.05, 4.69) is 20.3 Å². The van der Waals surface area contributed by atoms with Crippen molar-refractivity contribution in [1.29, 1.82) is 0 Å². The molecule has 27 heavy (non-hydrogen) atoms. The van der Waals surface area contributed by atoms with Crippen molar-refractivity contribution >= 4 is 26.8 Å². The first kappa shape index (κ1) is 18.5. The van der Waals surface area contributed by atoms with Gasteiger partial charge in [0, 0.05) is 6.04 Å². The average molecular weight is 401 g/mol. The van der Waals surface area contributed by atoms with Gasteiger partial charge in [0.2, 0.25) is 0 Å². The number of aliphatic hydroxyl groups excluding tert-OH is 2. The number of rotatable bonds is 4. The van der Waals surface area contributed by atoms with Crippen molar-refractivity contribution in [2.24, 2.45) is 0 Å². The van der Waals surface area contributed by atoms with Crippen molar-refractivity contribution in [3.8, 4) is 0 Å². The van der Waals surface area contributed by atoms with Gasteiger partial charge in [-0.1, -0.05) is 0 Å². The lowest BCUT2D eigenvalue weighted by Gasteiger charge is -2.23. The van der Waals surface area contributed by atoms with E-state index in [-0.39, 0.29) is 17.5 Å². The molecule has 0 aromatic carbocycles. The highest BCUT2D eigenvalue weighted by atomic mass is 32.2. The number of alkyl halides is 1. The molecule has 2 aromatic rings. The highest BCUT2D eigenvalue weighted by molar-refractivity contribution is 7.91. The number of ether oxygens (including phenoxy) is 1. The van der Waals surface area contributed by atoms with Crippen LogP contribution in [-0.2, 0) is 14.6 Å². The fourth-order valence-corrected chi connectivity index (χ4v) is 4.95. The molecular formula is C15H20FN5O5S. The van der Waals surface area contributed by atoms with E-state index in [9.17, 15) is 23.0 Å². The largest absolute Gasteiger partial charge is 0.387 e. The summed E-state index contributed by atoms with van der Waals surface area (Å²) in [5.41, 5.74) is 0.770. The third kappa shape index (κ3) is 3.37. The van der Waals surface area contributed by atoms with Gasteiger partial charge in [-0.15, -0.1) is 0 Å². The van der Waals surface area contributed by atoms with Crippen LogP contribution in [-0.4, -0.2) is 80.7 Å². The van der Waals surface area contributed by atoms with E-state index in [1.165, 1.54) is 17.2 Å². The number of hydrogen-bond donors (Lipinski definition) is 3. The van der Waals surface area contributed by atoms with Gasteiger partial charge in [-0.25, -0.2) is 27.8 Å². The number of fused-ring (bicyclic) bond motifs is 1. The summed E-state index contributed by atoms with van der Waals surface area (Å²) in [5, 5.41) is 23.2. The summed E-state index contributed by atoms with van der Waals surface area (Å²) < 4.78 is 42.9. The highest BCUT2D eigenvalue weighted by Crippen LogP contribution is 2.32. The molecule has 0 spiro atoms. The molecule has 12 heteroatoms. The standard InChI is InChI=1S/C15H20FN5O5S/c16-5-9-11(22)12(23)15(26-9)21-7-19-10-13(17-6-18-14(10)21)20-8-1-3-27(24,25)4-2-8/h6-9,11-12,15,22-23H,1-5H2,(H,17,18,20)/t9-,11-,12-,15-/m1/s1. The van der Waals surface area contributed by atoms with Gasteiger partial charge in [0.1, 0.15) is 41.2 Å². The molecular weight excluding hydrogens is 381 g/mol. The number of anilines is 1. The third-order valence-corrected chi connectivity index (χ3v) is 6.73. The molecule has 2 aliphatic heterocycles. The number of aliphatic hydroxyl groups is 2. The molecule has 0 bridgehead atoms. The van der Waals surface area contributed by atoms with Crippen molar-refractivity contribution in [2.45, 2.75) is 43.4 Å². The van der Waals surface area contributed by atoms with E-state index in [4.69, 9.17) is 4.74 Å². The Morgan fingerprint density at radius 1 is 1.22 bits per heavy atom. The van der Waals surface area contributed by atoms with E-state index in [0.717, 1.165) is 0 Å². The van der Waals surface area contributed by atoms with Crippen LogP contribution in [0.1, 0.15) is 19.1 Å². The summed E-state index contributed by atoms with van der Waals surface area (Å²) in [7, 11) is -2.97. The Morgan fingerprint density at radius 2 is 1.96 bits per heavy atom. The number of sulfone groups is 1. The second-order valence-corrected chi connectivity index (χ2v) is 9.12. The maximum Gasteiger partial charge on any atom is 0.167 e. The number of halogens is 1. The van der Waals surface area contributed by atoms with Crippen LogP contribution < -0.4 is 5.32 Å². The Bertz CT molecular complexity index is 924. The smallest absolute Gasteiger partial charge is 0.167 e. The fraction of sp³-hybridized carbons (Fsp3) is 0.667. The quantitative estimate of drug-likeness (QED) is 0.613. The minimum Gasteiger partial charge on any atom is -0.387 e. The van der Waals surface area contributed by atoms with Crippen molar-refractivity contribution in [3.63, 3.8) is 0 Å².